The molecule has 0 aliphatic carbocycles. The second-order valence-corrected chi connectivity index (χ2v) is 5.30. The lowest BCUT2D eigenvalue weighted by Crippen LogP contribution is -2.10. The standard InChI is InChI=1S/C14H17BrN4/c1-9-7-13(19-14(16-3)17-9)18-10(2)11-5-4-6-12(15)8-11/h4-8,10H,1-3H3,(H2,16,17,18,19). The number of aromatic nitrogens is 2. The first-order chi connectivity index (χ1) is 9.08. The van der Waals surface area contributed by atoms with Crippen LogP contribution in [-0.2, 0) is 0 Å². The topological polar surface area (TPSA) is 49.8 Å². The van der Waals surface area contributed by atoms with E-state index in [2.05, 4.69) is 55.6 Å². The van der Waals surface area contributed by atoms with Crippen molar-refractivity contribution in [3.05, 3.63) is 46.1 Å². The van der Waals surface area contributed by atoms with Crippen LogP contribution in [0.5, 0.6) is 0 Å². The lowest BCUT2D eigenvalue weighted by atomic mass is 10.1. The number of nitrogens with zero attached hydrogens (tertiary/aromatic N) is 2. The van der Waals surface area contributed by atoms with Gasteiger partial charge in [0.2, 0.25) is 5.95 Å². The first kappa shape index (κ1) is 13.8. The molecule has 1 heterocycles. The number of hydrogen-bond acceptors (Lipinski definition) is 4. The van der Waals surface area contributed by atoms with Crippen LogP contribution in [0.1, 0.15) is 24.2 Å². The molecule has 0 bridgehead atoms. The van der Waals surface area contributed by atoms with Crippen LogP contribution < -0.4 is 10.6 Å². The number of benzene rings is 1. The molecule has 0 saturated heterocycles. The van der Waals surface area contributed by atoms with Crippen LogP contribution in [0.15, 0.2) is 34.8 Å². The third kappa shape index (κ3) is 3.67. The van der Waals surface area contributed by atoms with Gasteiger partial charge < -0.3 is 10.6 Å². The van der Waals surface area contributed by atoms with Crippen molar-refractivity contribution in [1.82, 2.24) is 9.97 Å². The van der Waals surface area contributed by atoms with Crippen molar-refractivity contribution in [3.8, 4) is 0 Å². The molecule has 1 atom stereocenters. The minimum atomic E-state index is 0.177. The van der Waals surface area contributed by atoms with Crippen LogP contribution >= 0.6 is 15.9 Å². The van der Waals surface area contributed by atoms with Crippen molar-refractivity contribution >= 4 is 27.7 Å². The van der Waals surface area contributed by atoms with Crippen LogP contribution in [0, 0.1) is 6.92 Å². The Morgan fingerprint density at radius 2 is 2.00 bits per heavy atom. The molecule has 0 saturated carbocycles. The molecule has 2 N–H and O–H groups in total. The molecule has 4 nitrogen and oxygen atoms in total. The van der Waals surface area contributed by atoms with Crippen molar-refractivity contribution in [1.29, 1.82) is 0 Å². The van der Waals surface area contributed by atoms with E-state index in [0.29, 0.717) is 5.95 Å². The van der Waals surface area contributed by atoms with Gasteiger partial charge >= 0.3 is 0 Å². The summed E-state index contributed by atoms with van der Waals surface area (Å²) in [6.07, 6.45) is 0. The molecule has 0 fully saturated rings. The van der Waals surface area contributed by atoms with Gasteiger partial charge in [0.25, 0.3) is 0 Å². The summed E-state index contributed by atoms with van der Waals surface area (Å²) in [6, 6.07) is 10.4. The second kappa shape index (κ2) is 6.02. The van der Waals surface area contributed by atoms with E-state index in [-0.39, 0.29) is 6.04 Å². The normalized spacial score (nSPS) is 12.0. The summed E-state index contributed by atoms with van der Waals surface area (Å²) in [5, 5.41) is 6.35. The van der Waals surface area contributed by atoms with E-state index in [4.69, 9.17) is 0 Å². The van der Waals surface area contributed by atoms with Crippen LogP contribution in [0.4, 0.5) is 11.8 Å². The third-order valence-electron chi connectivity index (χ3n) is 2.79. The Labute approximate surface area is 121 Å². The lowest BCUT2D eigenvalue weighted by molar-refractivity contribution is 0.870. The number of anilines is 2. The number of hydrogen-bond donors (Lipinski definition) is 2. The monoisotopic (exact) mass is 320 g/mol. The van der Waals surface area contributed by atoms with E-state index >= 15 is 0 Å². The first-order valence-electron chi connectivity index (χ1n) is 6.14. The average Bonchev–Trinajstić information content (AvgIpc) is 2.38. The molecule has 0 spiro atoms. The molecule has 0 radical (unpaired) electrons. The van der Waals surface area contributed by atoms with Crippen LogP contribution in [0.3, 0.4) is 0 Å². The zero-order chi connectivity index (χ0) is 13.8. The van der Waals surface area contributed by atoms with E-state index in [1.807, 2.05) is 32.2 Å². The summed E-state index contributed by atoms with van der Waals surface area (Å²) in [4.78, 5) is 8.67. The molecule has 0 aliphatic rings. The molecule has 0 aliphatic heterocycles. The summed E-state index contributed by atoms with van der Waals surface area (Å²) < 4.78 is 1.08. The van der Waals surface area contributed by atoms with Gasteiger partial charge in [0, 0.05) is 29.3 Å². The van der Waals surface area contributed by atoms with Crippen molar-refractivity contribution < 1.29 is 0 Å². The Morgan fingerprint density at radius 3 is 2.68 bits per heavy atom. The molecule has 5 heteroatoms. The average molecular weight is 321 g/mol. The molecule has 100 valence electrons. The molecule has 1 unspecified atom stereocenters. The van der Waals surface area contributed by atoms with Gasteiger partial charge in [-0.1, -0.05) is 28.1 Å². The first-order valence-corrected chi connectivity index (χ1v) is 6.93. The van der Waals surface area contributed by atoms with Crippen LogP contribution in [-0.4, -0.2) is 17.0 Å². The zero-order valence-electron chi connectivity index (χ0n) is 11.2. The lowest BCUT2D eigenvalue weighted by Gasteiger charge is -2.16. The fourth-order valence-corrected chi connectivity index (χ4v) is 2.25. The molecule has 1 aromatic heterocycles. The van der Waals surface area contributed by atoms with Gasteiger partial charge in [0.05, 0.1) is 0 Å². The van der Waals surface area contributed by atoms with E-state index < -0.39 is 0 Å². The molecule has 0 amide bonds. The van der Waals surface area contributed by atoms with Gasteiger partial charge in [-0.25, -0.2) is 4.98 Å². The molecule has 2 aromatic rings. The van der Waals surface area contributed by atoms with Gasteiger partial charge in [-0.15, -0.1) is 0 Å². The summed E-state index contributed by atoms with van der Waals surface area (Å²) >= 11 is 3.49. The van der Waals surface area contributed by atoms with E-state index in [9.17, 15) is 0 Å². The SMILES string of the molecule is CNc1nc(C)cc(NC(C)c2cccc(Br)c2)n1. The molecule has 19 heavy (non-hydrogen) atoms. The van der Waals surface area contributed by atoms with Gasteiger partial charge in [-0.3, -0.25) is 0 Å². The van der Waals surface area contributed by atoms with Crippen LogP contribution in [0.25, 0.3) is 0 Å². The zero-order valence-corrected chi connectivity index (χ0v) is 12.8. The smallest absolute Gasteiger partial charge is 0.224 e. The van der Waals surface area contributed by atoms with Gasteiger partial charge in [-0.2, -0.15) is 4.98 Å². The molecular weight excluding hydrogens is 304 g/mol. The fraction of sp³-hybridized carbons (Fsp3) is 0.286. The summed E-state index contributed by atoms with van der Waals surface area (Å²) in [6.45, 7) is 4.07. The minimum Gasteiger partial charge on any atom is -0.363 e. The summed E-state index contributed by atoms with van der Waals surface area (Å²) in [5.74, 6) is 1.45. The highest BCUT2D eigenvalue weighted by Crippen LogP contribution is 2.21. The summed E-state index contributed by atoms with van der Waals surface area (Å²) in [5.41, 5.74) is 2.14. The Balaban J connectivity index is 2.18. The summed E-state index contributed by atoms with van der Waals surface area (Å²) in [7, 11) is 1.82. The predicted octanol–water partition coefficient (Wildman–Crippen LogP) is 3.76. The van der Waals surface area contributed by atoms with Crippen molar-refractivity contribution in [2.24, 2.45) is 0 Å². The van der Waals surface area contributed by atoms with E-state index in [1.165, 1.54) is 5.56 Å². The maximum absolute atomic E-state index is 4.39. The maximum atomic E-state index is 4.39. The largest absolute Gasteiger partial charge is 0.363 e. The number of halogens is 1. The maximum Gasteiger partial charge on any atom is 0.224 e. The molecule has 2 rings (SSSR count). The highest BCUT2D eigenvalue weighted by atomic mass is 79.9. The Bertz CT molecular complexity index is 571. The van der Waals surface area contributed by atoms with E-state index in [0.717, 1.165) is 16.0 Å². The Hall–Kier alpha value is -1.62. The second-order valence-electron chi connectivity index (χ2n) is 4.39. The van der Waals surface area contributed by atoms with Gasteiger partial charge in [0.15, 0.2) is 0 Å². The Kier molecular flexibility index (Phi) is 4.37. The minimum absolute atomic E-state index is 0.177. The highest BCUT2D eigenvalue weighted by molar-refractivity contribution is 9.10. The molecule has 1 aromatic carbocycles. The number of nitrogens with one attached hydrogen (secondary N) is 2. The number of rotatable bonds is 4. The quantitative estimate of drug-likeness (QED) is 0.900. The molecular formula is C14H17BrN4. The Morgan fingerprint density at radius 1 is 1.21 bits per heavy atom. The highest BCUT2D eigenvalue weighted by Gasteiger charge is 2.08. The van der Waals surface area contributed by atoms with Crippen molar-refractivity contribution in [3.63, 3.8) is 0 Å². The van der Waals surface area contributed by atoms with Crippen LogP contribution in [0.2, 0.25) is 0 Å². The van der Waals surface area contributed by atoms with Gasteiger partial charge in [-0.05, 0) is 31.5 Å². The van der Waals surface area contributed by atoms with Crippen molar-refractivity contribution in [2.45, 2.75) is 19.9 Å². The number of aryl methyl sites for hydroxylation is 1. The predicted molar refractivity (Wildman–Crippen MR) is 82.5 cm³/mol. The third-order valence-corrected chi connectivity index (χ3v) is 3.28. The fourth-order valence-electron chi connectivity index (χ4n) is 1.84. The van der Waals surface area contributed by atoms with Gasteiger partial charge in [0.1, 0.15) is 5.82 Å². The van der Waals surface area contributed by atoms with Crippen molar-refractivity contribution in [2.75, 3.05) is 17.7 Å². The van der Waals surface area contributed by atoms with E-state index in [1.54, 1.807) is 0 Å².